The van der Waals surface area contributed by atoms with E-state index in [0.29, 0.717) is 12.2 Å². The summed E-state index contributed by atoms with van der Waals surface area (Å²) in [5, 5.41) is 13.2. The molecule has 0 unspecified atom stereocenters. The first kappa shape index (κ1) is 19.9. The van der Waals surface area contributed by atoms with E-state index in [2.05, 4.69) is 20.8 Å². The second kappa shape index (κ2) is 8.33. The summed E-state index contributed by atoms with van der Waals surface area (Å²) in [6.45, 7) is 5.42. The van der Waals surface area contributed by atoms with Crippen LogP contribution in [0.5, 0.6) is 0 Å². The topological polar surface area (TPSA) is 90.1 Å². The minimum absolute atomic E-state index is 0. The number of amides is 2. The number of likely N-dealkylation sites (N-methyl/N-ethyl adjacent to an activating group) is 1. The van der Waals surface area contributed by atoms with Gasteiger partial charge in [-0.15, -0.1) is 12.4 Å². The standard InChI is InChI=1S/C18H23N5O2.ClH/c1-11-5-4-6-14(12(11)2)20-16(24)10-23(3)18(25)17-13-9-19-8-7-15(13)21-22-17;/h4-6,19H,7-10H2,1-3H3,(H,20,24)(H,21,22);1H. The SMILES string of the molecule is Cc1cccc(NC(=O)CN(C)C(=O)c2n[nH]c3c2CNCC3)c1C.Cl. The molecular formula is C18H24ClN5O2. The molecule has 1 aromatic carbocycles. The van der Waals surface area contributed by atoms with Gasteiger partial charge in [-0.05, 0) is 31.0 Å². The molecule has 0 atom stereocenters. The smallest absolute Gasteiger partial charge is 0.274 e. The third-order valence-corrected chi connectivity index (χ3v) is 4.62. The number of aryl methyl sites for hydroxylation is 1. The number of fused-ring (bicyclic) bond motifs is 1. The van der Waals surface area contributed by atoms with Gasteiger partial charge in [0.05, 0.1) is 6.54 Å². The first-order valence-electron chi connectivity index (χ1n) is 8.35. The van der Waals surface area contributed by atoms with E-state index in [1.807, 2.05) is 32.0 Å². The number of aromatic amines is 1. The van der Waals surface area contributed by atoms with E-state index in [9.17, 15) is 9.59 Å². The van der Waals surface area contributed by atoms with Crippen molar-refractivity contribution in [2.45, 2.75) is 26.8 Å². The highest BCUT2D eigenvalue weighted by molar-refractivity contribution is 5.99. The number of aromatic nitrogens is 2. The van der Waals surface area contributed by atoms with E-state index < -0.39 is 0 Å². The number of anilines is 1. The Morgan fingerprint density at radius 1 is 1.31 bits per heavy atom. The number of halogens is 1. The maximum absolute atomic E-state index is 12.6. The summed E-state index contributed by atoms with van der Waals surface area (Å²) in [7, 11) is 1.61. The Hall–Kier alpha value is -2.38. The number of carbonyl (C=O) groups is 2. The summed E-state index contributed by atoms with van der Waals surface area (Å²) in [6, 6.07) is 5.75. The molecular weight excluding hydrogens is 354 g/mol. The highest BCUT2D eigenvalue weighted by atomic mass is 35.5. The molecule has 3 N–H and O–H groups in total. The first-order valence-corrected chi connectivity index (χ1v) is 8.35. The zero-order chi connectivity index (χ0) is 18.0. The number of benzene rings is 1. The van der Waals surface area contributed by atoms with Crippen molar-refractivity contribution < 1.29 is 9.59 Å². The molecule has 2 aromatic rings. The zero-order valence-electron chi connectivity index (χ0n) is 15.2. The minimum atomic E-state index is -0.252. The quantitative estimate of drug-likeness (QED) is 0.757. The number of carbonyl (C=O) groups excluding carboxylic acids is 2. The monoisotopic (exact) mass is 377 g/mol. The van der Waals surface area contributed by atoms with Gasteiger partial charge in [0.1, 0.15) is 0 Å². The average Bonchev–Trinajstić information content (AvgIpc) is 3.02. The Labute approximate surface area is 159 Å². The predicted octanol–water partition coefficient (Wildman–Crippen LogP) is 1.80. The van der Waals surface area contributed by atoms with Crippen molar-refractivity contribution in [3.8, 4) is 0 Å². The molecule has 0 spiro atoms. The number of H-pyrrole nitrogens is 1. The number of nitrogens with one attached hydrogen (secondary N) is 3. The van der Waals surface area contributed by atoms with Crippen LogP contribution in [0.4, 0.5) is 5.69 Å². The fraction of sp³-hybridized carbons (Fsp3) is 0.389. The molecule has 0 fully saturated rings. The molecule has 1 aliphatic heterocycles. The summed E-state index contributed by atoms with van der Waals surface area (Å²) in [5.41, 5.74) is 5.19. The molecule has 2 amide bonds. The van der Waals surface area contributed by atoms with Gasteiger partial charge in [0, 0.05) is 43.5 Å². The molecule has 2 heterocycles. The third kappa shape index (κ3) is 4.05. The normalized spacial score (nSPS) is 12.7. The molecule has 26 heavy (non-hydrogen) atoms. The van der Waals surface area contributed by atoms with Gasteiger partial charge < -0.3 is 15.5 Å². The molecule has 1 aromatic heterocycles. The number of hydrogen-bond acceptors (Lipinski definition) is 4. The van der Waals surface area contributed by atoms with Crippen molar-refractivity contribution in [1.29, 1.82) is 0 Å². The van der Waals surface area contributed by atoms with Crippen LogP contribution in [-0.4, -0.2) is 47.0 Å². The molecule has 0 saturated heterocycles. The summed E-state index contributed by atoms with van der Waals surface area (Å²) in [4.78, 5) is 26.3. The van der Waals surface area contributed by atoms with Crippen molar-refractivity contribution in [2.75, 3.05) is 25.5 Å². The third-order valence-electron chi connectivity index (χ3n) is 4.62. The van der Waals surface area contributed by atoms with Gasteiger partial charge in [-0.2, -0.15) is 5.10 Å². The van der Waals surface area contributed by atoms with Crippen LogP contribution in [0.2, 0.25) is 0 Å². The van der Waals surface area contributed by atoms with Crippen molar-refractivity contribution in [2.24, 2.45) is 0 Å². The number of nitrogens with zero attached hydrogens (tertiary/aromatic N) is 2. The van der Waals surface area contributed by atoms with Gasteiger partial charge in [-0.25, -0.2) is 0 Å². The van der Waals surface area contributed by atoms with Crippen LogP contribution in [-0.2, 0) is 17.8 Å². The van der Waals surface area contributed by atoms with Crippen LogP contribution in [0.1, 0.15) is 32.9 Å². The highest BCUT2D eigenvalue weighted by Gasteiger charge is 2.24. The van der Waals surface area contributed by atoms with Crippen molar-refractivity contribution >= 4 is 29.9 Å². The van der Waals surface area contributed by atoms with Gasteiger partial charge in [0.2, 0.25) is 5.91 Å². The van der Waals surface area contributed by atoms with E-state index in [0.717, 1.165) is 41.0 Å². The van der Waals surface area contributed by atoms with Crippen LogP contribution in [0.15, 0.2) is 18.2 Å². The maximum atomic E-state index is 12.6. The second-order valence-electron chi connectivity index (χ2n) is 6.41. The Morgan fingerprint density at radius 3 is 2.85 bits per heavy atom. The van der Waals surface area contributed by atoms with E-state index in [1.54, 1.807) is 7.05 Å². The van der Waals surface area contributed by atoms with Crippen molar-refractivity contribution in [3.63, 3.8) is 0 Å². The average molecular weight is 378 g/mol. The van der Waals surface area contributed by atoms with Gasteiger partial charge in [0.15, 0.2) is 5.69 Å². The molecule has 0 saturated carbocycles. The molecule has 1 aliphatic rings. The fourth-order valence-electron chi connectivity index (χ4n) is 2.95. The largest absolute Gasteiger partial charge is 0.331 e. The van der Waals surface area contributed by atoms with Gasteiger partial charge in [-0.3, -0.25) is 14.7 Å². The van der Waals surface area contributed by atoms with Gasteiger partial charge >= 0.3 is 0 Å². The molecule has 7 nitrogen and oxygen atoms in total. The van der Waals surface area contributed by atoms with E-state index in [4.69, 9.17) is 0 Å². The van der Waals surface area contributed by atoms with Gasteiger partial charge in [0.25, 0.3) is 5.91 Å². The summed E-state index contributed by atoms with van der Waals surface area (Å²) in [6.07, 6.45) is 0.826. The van der Waals surface area contributed by atoms with Crippen LogP contribution >= 0.6 is 12.4 Å². The molecule has 140 valence electrons. The lowest BCUT2D eigenvalue weighted by Crippen LogP contribution is -2.36. The number of hydrogen-bond donors (Lipinski definition) is 3. The molecule has 0 radical (unpaired) electrons. The number of rotatable bonds is 4. The van der Waals surface area contributed by atoms with Crippen molar-refractivity contribution in [3.05, 3.63) is 46.3 Å². The molecule has 3 rings (SSSR count). The van der Waals surface area contributed by atoms with Crippen molar-refractivity contribution in [1.82, 2.24) is 20.4 Å². The molecule has 8 heteroatoms. The Balaban J connectivity index is 0.00000243. The second-order valence-corrected chi connectivity index (χ2v) is 6.41. The minimum Gasteiger partial charge on any atom is -0.331 e. The first-order chi connectivity index (χ1) is 12.0. The lowest BCUT2D eigenvalue weighted by molar-refractivity contribution is -0.116. The maximum Gasteiger partial charge on any atom is 0.274 e. The highest BCUT2D eigenvalue weighted by Crippen LogP contribution is 2.19. The lowest BCUT2D eigenvalue weighted by Gasteiger charge is -2.18. The summed E-state index contributed by atoms with van der Waals surface area (Å²) in [5.74, 6) is -0.482. The van der Waals surface area contributed by atoms with Crippen LogP contribution in [0, 0.1) is 13.8 Å². The summed E-state index contributed by atoms with van der Waals surface area (Å²) < 4.78 is 0. The lowest BCUT2D eigenvalue weighted by atomic mass is 10.1. The zero-order valence-corrected chi connectivity index (χ0v) is 16.0. The van der Waals surface area contributed by atoms with Crippen LogP contribution < -0.4 is 10.6 Å². The van der Waals surface area contributed by atoms with Crippen LogP contribution in [0.3, 0.4) is 0 Å². The van der Waals surface area contributed by atoms with E-state index in [1.165, 1.54) is 4.90 Å². The fourth-order valence-corrected chi connectivity index (χ4v) is 2.95. The van der Waals surface area contributed by atoms with E-state index >= 15 is 0 Å². The Bertz CT molecular complexity index is 818. The Kier molecular flexibility index (Phi) is 6.39. The van der Waals surface area contributed by atoms with Gasteiger partial charge in [-0.1, -0.05) is 12.1 Å². The van der Waals surface area contributed by atoms with E-state index in [-0.39, 0.29) is 30.8 Å². The molecule has 0 bridgehead atoms. The molecule has 0 aliphatic carbocycles. The van der Waals surface area contributed by atoms with Crippen LogP contribution in [0.25, 0.3) is 0 Å². The predicted molar refractivity (Wildman–Crippen MR) is 103 cm³/mol. The Morgan fingerprint density at radius 2 is 2.08 bits per heavy atom. The summed E-state index contributed by atoms with van der Waals surface area (Å²) >= 11 is 0.